The molecule has 98 valence electrons. The van der Waals surface area contributed by atoms with Crippen molar-refractivity contribution in [3.05, 3.63) is 45.2 Å². The van der Waals surface area contributed by atoms with Gasteiger partial charge in [-0.05, 0) is 28.1 Å². The highest BCUT2D eigenvalue weighted by atomic mass is 79.9. The molecule has 0 aromatic carbocycles. The zero-order valence-electron chi connectivity index (χ0n) is 10.1. The van der Waals surface area contributed by atoms with E-state index >= 15 is 0 Å². The molecule has 0 saturated carbocycles. The summed E-state index contributed by atoms with van der Waals surface area (Å²) in [6.07, 6.45) is 9.10. The van der Waals surface area contributed by atoms with Crippen LogP contribution in [-0.2, 0) is 13.0 Å². The van der Waals surface area contributed by atoms with E-state index in [9.17, 15) is 4.79 Å². The predicted molar refractivity (Wildman–Crippen MR) is 75.9 cm³/mol. The van der Waals surface area contributed by atoms with Gasteiger partial charge in [-0.1, -0.05) is 5.92 Å². The summed E-state index contributed by atoms with van der Waals surface area (Å²) < 4.78 is 6.87. The molecule has 2 aromatic heterocycles. The van der Waals surface area contributed by atoms with Gasteiger partial charge in [0.05, 0.1) is 18.1 Å². The Kier molecular flexibility index (Phi) is 4.42. The summed E-state index contributed by atoms with van der Waals surface area (Å²) in [5.74, 6) is 3.27. The summed E-state index contributed by atoms with van der Waals surface area (Å²) in [5.41, 5.74) is 0.394. The zero-order chi connectivity index (χ0) is 13.7. The van der Waals surface area contributed by atoms with E-state index in [0.717, 1.165) is 12.2 Å². The van der Waals surface area contributed by atoms with Gasteiger partial charge in [-0.2, -0.15) is 5.10 Å². The monoisotopic (exact) mass is 321 g/mol. The van der Waals surface area contributed by atoms with E-state index in [1.807, 2.05) is 12.1 Å². The van der Waals surface area contributed by atoms with Crippen molar-refractivity contribution in [2.45, 2.75) is 13.0 Å². The van der Waals surface area contributed by atoms with Crippen LogP contribution in [0.2, 0.25) is 0 Å². The SMILES string of the molecule is C#CCn1ncc(NCCc2ccco2)c(Br)c1=O. The lowest BCUT2D eigenvalue weighted by molar-refractivity contribution is 0.513. The zero-order valence-corrected chi connectivity index (χ0v) is 11.7. The van der Waals surface area contributed by atoms with Crippen LogP contribution < -0.4 is 10.9 Å². The fourth-order valence-electron chi connectivity index (χ4n) is 1.56. The molecule has 0 aliphatic carbocycles. The van der Waals surface area contributed by atoms with Crippen molar-refractivity contribution in [3.8, 4) is 12.3 Å². The molecule has 0 bridgehead atoms. The van der Waals surface area contributed by atoms with Gasteiger partial charge >= 0.3 is 0 Å². The Morgan fingerprint density at radius 1 is 1.58 bits per heavy atom. The van der Waals surface area contributed by atoms with E-state index in [2.05, 4.69) is 32.3 Å². The van der Waals surface area contributed by atoms with Crippen molar-refractivity contribution in [2.24, 2.45) is 0 Å². The Balaban J connectivity index is 2.03. The molecular weight excluding hydrogens is 310 g/mol. The molecule has 2 heterocycles. The molecule has 0 spiro atoms. The lowest BCUT2D eigenvalue weighted by Crippen LogP contribution is -2.24. The number of terminal acetylenes is 1. The number of nitrogens with zero attached hydrogens (tertiary/aromatic N) is 2. The second-order valence-electron chi connectivity index (χ2n) is 3.80. The smallest absolute Gasteiger partial charge is 0.284 e. The third-order valence-electron chi connectivity index (χ3n) is 2.49. The first-order valence-electron chi connectivity index (χ1n) is 5.67. The molecule has 2 aromatic rings. The number of nitrogens with one attached hydrogen (secondary N) is 1. The quantitative estimate of drug-likeness (QED) is 0.854. The average Bonchev–Trinajstić information content (AvgIpc) is 2.91. The van der Waals surface area contributed by atoms with Crippen LogP contribution in [0.25, 0.3) is 0 Å². The third kappa shape index (κ3) is 3.26. The van der Waals surface area contributed by atoms with E-state index in [-0.39, 0.29) is 12.1 Å². The normalized spacial score (nSPS) is 10.1. The number of hydrogen-bond donors (Lipinski definition) is 1. The highest BCUT2D eigenvalue weighted by Gasteiger charge is 2.07. The summed E-state index contributed by atoms with van der Waals surface area (Å²) in [6, 6.07) is 3.74. The molecule has 0 atom stereocenters. The van der Waals surface area contributed by atoms with Crippen molar-refractivity contribution in [3.63, 3.8) is 0 Å². The van der Waals surface area contributed by atoms with Gasteiger partial charge in [-0.25, -0.2) is 4.68 Å². The van der Waals surface area contributed by atoms with Crippen LogP contribution in [0.15, 0.2) is 38.3 Å². The summed E-state index contributed by atoms with van der Waals surface area (Å²) in [5, 5.41) is 7.12. The highest BCUT2D eigenvalue weighted by molar-refractivity contribution is 9.10. The lowest BCUT2D eigenvalue weighted by atomic mass is 10.3. The minimum Gasteiger partial charge on any atom is -0.469 e. The van der Waals surface area contributed by atoms with E-state index in [0.29, 0.717) is 16.7 Å². The second-order valence-corrected chi connectivity index (χ2v) is 4.59. The maximum absolute atomic E-state index is 11.9. The minimum absolute atomic E-state index is 0.157. The summed E-state index contributed by atoms with van der Waals surface area (Å²) in [7, 11) is 0. The largest absolute Gasteiger partial charge is 0.469 e. The Labute approximate surface area is 118 Å². The standard InChI is InChI=1S/C13H12BrN3O2/c1-2-7-17-13(18)12(14)11(9-16-17)15-6-5-10-4-3-8-19-10/h1,3-4,8-9,15H,5-7H2. The molecule has 1 N–H and O–H groups in total. The first-order chi connectivity index (χ1) is 9.22. The van der Waals surface area contributed by atoms with Crippen LogP contribution in [0.5, 0.6) is 0 Å². The van der Waals surface area contributed by atoms with Gasteiger partial charge in [0.1, 0.15) is 16.8 Å². The Morgan fingerprint density at radius 2 is 2.42 bits per heavy atom. The van der Waals surface area contributed by atoms with Crippen LogP contribution in [-0.4, -0.2) is 16.3 Å². The van der Waals surface area contributed by atoms with Crippen molar-refractivity contribution in [2.75, 3.05) is 11.9 Å². The highest BCUT2D eigenvalue weighted by Crippen LogP contribution is 2.16. The first kappa shape index (κ1) is 13.4. The Bertz CT molecular complexity index is 641. The van der Waals surface area contributed by atoms with Gasteiger partial charge in [0.15, 0.2) is 0 Å². The first-order valence-corrected chi connectivity index (χ1v) is 6.47. The molecule has 5 nitrogen and oxygen atoms in total. The minimum atomic E-state index is -0.249. The van der Waals surface area contributed by atoms with Crippen molar-refractivity contribution in [1.82, 2.24) is 9.78 Å². The van der Waals surface area contributed by atoms with Gasteiger partial charge in [0.25, 0.3) is 5.56 Å². The van der Waals surface area contributed by atoms with Crippen LogP contribution in [0.3, 0.4) is 0 Å². The van der Waals surface area contributed by atoms with Gasteiger partial charge in [-0.3, -0.25) is 4.79 Å². The van der Waals surface area contributed by atoms with Crippen LogP contribution >= 0.6 is 15.9 Å². The van der Waals surface area contributed by atoms with Crippen LogP contribution in [0.4, 0.5) is 5.69 Å². The molecule has 0 aliphatic rings. The van der Waals surface area contributed by atoms with E-state index in [4.69, 9.17) is 10.8 Å². The van der Waals surface area contributed by atoms with Crippen molar-refractivity contribution < 1.29 is 4.42 Å². The fraction of sp³-hybridized carbons (Fsp3) is 0.231. The fourth-order valence-corrected chi connectivity index (χ4v) is 2.01. The molecule has 0 aliphatic heterocycles. The van der Waals surface area contributed by atoms with Crippen LogP contribution in [0.1, 0.15) is 5.76 Å². The number of hydrogen-bond acceptors (Lipinski definition) is 4. The van der Waals surface area contributed by atoms with Crippen LogP contribution in [0, 0.1) is 12.3 Å². The van der Waals surface area contributed by atoms with Gasteiger partial charge < -0.3 is 9.73 Å². The van der Waals surface area contributed by atoms with Gasteiger partial charge in [0.2, 0.25) is 0 Å². The number of anilines is 1. The topological polar surface area (TPSA) is 60.1 Å². The lowest BCUT2D eigenvalue weighted by Gasteiger charge is -2.08. The van der Waals surface area contributed by atoms with Crippen molar-refractivity contribution in [1.29, 1.82) is 0 Å². The Hall–Kier alpha value is -2.00. The molecule has 6 heteroatoms. The molecule has 19 heavy (non-hydrogen) atoms. The summed E-state index contributed by atoms with van der Waals surface area (Å²) in [6.45, 7) is 0.802. The number of halogens is 1. The summed E-state index contributed by atoms with van der Waals surface area (Å²) in [4.78, 5) is 11.9. The van der Waals surface area contributed by atoms with Gasteiger partial charge in [-0.15, -0.1) is 6.42 Å². The molecule has 0 unspecified atom stereocenters. The molecule has 0 radical (unpaired) electrons. The molecule has 2 rings (SSSR count). The molecular formula is C13H12BrN3O2. The average molecular weight is 322 g/mol. The van der Waals surface area contributed by atoms with E-state index < -0.39 is 0 Å². The molecule has 0 saturated heterocycles. The van der Waals surface area contributed by atoms with E-state index in [1.54, 1.807) is 12.5 Å². The number of rotatable bonds is 5. The molecule has 0 amide bonds. The third-order valence-corrected chi connectivity index (χ3v) is 3.26. The van der Waals surface area contributed by atoms with E-state index in [1.165, 1.54) is 4.68 Å². The maximum Gasteiger partial charge on any atom is 0.284 e. The Morgan fingerprint density at radius 3 is 3.11 bits per heavy atom. The summed E-state index contributed by atoms with van der Waals surface area (Å²) >= 11 is 3.25. The van der Waals surface area contributed by atoms with Crippen molar-refractivity contribution >= 4 is 21.6 Å². The number of furan rings is 1. The molecule has 0 fully saturated rings. The predicted octanol–water partition coefficient (Wildman–Crippen LogP) is 1.89. The maximum atomic E-state index is 11.9. The number of aromatic nitrogens is 2. The van der Waals surface area contributed by atoms with Gasteiger partial charge in [0, 0.05) is 13.0 Å². The second kappa shape index (κ2) is 6.25.